The predicted octanol–water partition coefficient (Wildman–Crippen LogP) is 2.21. The lowest BCUT2D eigenvalue weighted by atomic mass is 10.1. The maximum Gasteiger partial charge on any atom is 0.387 e. The normalized spacial score (nSPS) is 24.9. The summed E-state index contributed by atoms with van der Waals surface area (Å²) < 4.78 is 30.4. The minimum absolute atomic E-state index is 0.0770. The van der Waals surface area contributed by atoms with Gasteiger partial charge in [0, 0.05) is 18.0 Å². The van der Waals surface area contributed by atoms with Gasteiger partial charge in [0.15, 0.2) is 0 Å². The first-order chi connectivity index (χ1) is 10.6. The van der Waals surface area contributed by atoms with E-state index in [0.717, 1.165) is 5.56 Å². The Labute approximate surface area is 125 Å². The second kappa shape index (κ2) is 6.02. The van der Waals surface area contributed by atoms with E-state index in [4.69, 9.17) is 0 Å². The van der Waals surface area contributed by atoms with Gasteiger partial charge >= 0.3 is 6.61 Å². The van der Waals surface area contributed by atoms with E-state index in [2.05, 4.69) is 9.72 Å². The average Bonchev–Trinajstić information content (AvgIpc) is 3.07. The Balaban J connectivity index is 1.85. The van der Waals surface area contributed by atoms with Gasteiger partial charge in [-0.1, -0.05) is 0 Å². The SMILES string of the molecule is O[C@H]1[C@H](O)CC[C@H]1n1ccnc1-c1ccc(OC(F)F)cc1. The number of nitrogens with zero attached hydrogens (tertiary/aromatic N) is 2. The van der Waals surface area contributed by atoms with E-state index in [1.807, 2.05) is 4.57 Å². The van der Waals surface area contributed by atoms with Crippen LogP contribution in [-0.4, -0.2) is 38.6 Å². The number of halogens is 2. The summed E-state index contributed by atoms with van der Waals surface area (Å²) in [5, 5.41) is 19.7. The first kappa shape index (κ1) is 14.9. The molecule has 0 spiro atoms. The monoisotopic (exact) mass is 310 g/mol. The van der Waals surface area contributed by atoms with Crippen molar-refractivity contribution in [3.05, 3.63) is 36.7 Å². The van der Waals surface area contributed by atoms with Crippen LogP contribution in [0.25, 0.3) is 11.4 Å². The molecule has 22 heavy (non-hydrogen) atoms. The van der Waals surface area contributed by atoms with E-state index in [1.54, 1.807) is 24.5 Å². The van der Waals surface area contributed by atoms with E-state index >= 15 is 0 Å². The van der Waals surface area contributed by atoms with E-state index in [1.165, 1.54) is 12.1 Å². The lowest BCUT2D eigenvalue weighted by molar-refractivity contribution is -0.0498. The molecule has 0 unspecified atom stereocenters. The van der Waals surface area contributed by atoms with Gasteiger partial charge in [-0.05, 0) is 37.1 Å². The highest BCUT2D eigenvalue weighted by Gasteiger charge is 2.35. The first-order valence-corrected chi connectivity index (χ1v) is 7.00. The molecule has 1 aromatic carbocycles. The van der Waals surface area contributed by atoms with Gasteiger partial charge in [-0.15, -0.1) is 0 Å². The maximum absolute atomic E-state index is 12.2. The lowest BCUT2D eigenvalue weighted by Crippen LogP contribution is -2.27. The van der Waals surface area contributed by atoms with Crippen LogP contribution in [0.1, 0.15) is 18.9 Å². The zero-order chi connectivity index (χ0) is 15.7. The molecule has 0 aliphatic heterocycles. The van der Waals surface area contributed by atoms with Crippen LogP contribution >= 0.6 is 0 Å². The number of alkyl halides is 2. The predicted molar refractivity (Wildman–Crippen MR) is 74.6 cm³/mol. The quantitative estimate of drug-likeness (QED) is 0.908. The van der Waals surface area contributed by atoms with Crippen LogP contribution in [0.5, 0.6) is 5.75 Å². The number of rotatable bonds is 4. The summed E-state index contributed by atoms with van der Waals surface area (Å²) in [5.41, 5.74) is 0.722. The lowest BCUT2D eigenvalue weighted by Gasteiger charge is -2.20. The summed E-state index contributed by atoms with van der Waals surface area (Å²) in [4.78, 5) is 4.26. The van der Waals surface area contributed by atoms with Crippen molar-refractivity contribution >= 4 is 0 Å². The fourth-order valence-electron chi connectivity index (χ4n) is 2.83. The van der Waals surface area contributed by atoms with Crippen molar-refractivity contribution in [1.82, 2.24) is 9.55 Å². The van der Waals surface area contributed by atoms with E-state index in [-0.39, 0.29) is 11.8 Å². The molecule has 1 fully saturated rings. The van der Waals surface area contributed by atoms with Crippen molar-refractivity contribution < 1.29 is 23.7 Å². The van der Waals surface area contributed by atoms with Crippen molar-refractivity contribution in [3.8, 4) is 17.1 Å². The van der Waals surface area contributed by atoms with Gasteiger partial charge in [-0.2, -0.15) is 8.78 Å². The van der Waals surface area contributed by atoms with Crippen LogP contribution in [0.4, 0.5) is 8.78 Å². The molecule has 0 amide bonds. The second-order valence-corrected chi connectivity index (χ2v) is 5.26. The van der Waals surface area contributed by atoms with E-state index < -0.39 is 18.8 Å². The van der Waals surface area contributed by atoms with Crippen molar-refractivity contribution in [1.29, 1.82) is 0 Å². The Bertz CT molecular complexity index is 630. The number of aliphatic hydroxyl groups excluding tert-OH is 2. The molecule has 1 aliphatic carbocycles. The summed E-state index contributed by atoms with van der Waals surface area (Å²) in [6, 6.07) is 5.91. The molecular formula is C15H16F2N2O3. The molecule has 0 bridgehead atoms. The number of hydrogen-bond acceptors (Lipinski definition) is 4. The van der Waals surface area contributed by atoms with Gasteiger partial charge in [0.25, 0.3) is 0 Å². The maximum atomic E-state index is 12.2. The summed E-state index contributed by atoms with van der Waals surface area (Å²) in [7, 11) is 0. The van der Waals surface area contributed by atoms with Crippen molar-refractivity contribution in [2.75, 3.05) is 0 Å². The number of aromatic nitrogens is 2. The Hall–Kier alpha value is -1.99. The molecule has 2 N–H and O–H groups in total. The largest absolute Gasteiger partial charge is 0.435 e. The molecule has 118 valence electrons. The van der Waals surface area contributed by atoms with Gasteiger partial charge in [-0.3, -0.25) is 0 Å². The summed E-state index contributed by atoms with van der Waals surface area (Å²) in [6.07, 6.45) is 2.96. The second-order valence-electron chi connectivity index (χ2n) is 5.26. The van der Waals surface area contributed by atoms with E-state index in [9.17, 15) is 19.0 Å². The van der Waals surface area contributed by atoms with Crippen LogP contribution in [0.15, 0.2) is 36.7 Å². The number of imidazole rings is 1. The fourth-order valence-corrected chi connectivity index (χ4v) is 2.83. The van der Waals surface area contributed by atoms with Crippen LogP contribution in [0.2, 0.25) is 0 Å². The topological polar surface area (TPSA) is 67.5 Å². The molecular weight excluding hydrogens is 294 g/mol. The van der Waals surface area contributed by atoms with Gasteiger partial charge < -0.3 is 19.5 Å². The van der Waals surface area contributed by atoms with Gasteiger partial charge in [0.2, 0.25) is 0 Å². The third-order valence-electron chi connectivity index (χ3n) is 3.91. The van der Waals surface area contributed by atoms with Crippen molar-refractivity contribution in [2.45, 2.75) is 37.7 Å². The smallest absolute Gasteiger partial charge is 0.387 e. The third-order valence-corrected chi connectivity index (χ3v) is 3.91. The zero-order valence-electron chi connectivity index (χ0n) is 11.6. The van der Waals surface area contributed by atoms with Crippen LogP contribution in [-0.2, 0) is 0 Å². The molecule has 3 rings (SSSR count). The van der Waals surface area contributed by atoms with E-state index in [0.29, 0.717) is 18.7 Å². The highest BCUT2D eigenvalue weighted by atomic mass is 19.3. The van der Waals surface area contributed by atoms with Crippen molar-refractivity contribution in [2.24, 2.45) is 0 Å². The Morgan fingerprint density at radius 2 is 1.91 bits per heavy atom. The summed E-state index contributed by atoms with van der Waals surface area (Å²) in [5.74, 6) is 0.690. The first-order valence-electron chi connectivity index (χ1n) is 7.00. The highest BCUT2D eigenvalue weighted by molar-refractivity contribution is 5.57. The average molecular weight is 310 g/mol. The van der Waals surface area contributed by atoms with Crippen LogP contribution in [0, 0.1) is 0 Å². The molecule has 2 aromatic rings. The number of ether oxygens (including phenoxy) is 1. The van der Waals surface area contributed by atoms with Gasteiger partial charge in [-0.25, -0.2) is 4.98 Å². The Morgan fingerprint density at radius 3 is 2.50 bits per heavy atom. The minimum Gasteiger partial charge on any atom is -0.435 e. The number of hydrogen-bond donors (Lipinski definition) is 2. The fraction of sp³-hybridized carbons (Fsp3) is 0.400. The van der Waals surface area contributed by atoms with Crippen LogP contribution in [0.3, 0.4) is 0 Å². The third kappa shape index (κ3) is 2.82. The molecule has 1 saturated carbocycles. The van der Waals surface area contributed by atoms with Crippen LogP contribution < -0.4 is 4.74 Å². The summed E-state index contributed by atoms with van der Waals surface area (Å²) >= 11 is 0. The molecule has 1 heterocycles. The summed E-state index contributed by atoms with van der Waals surface area (Å²) in [6.45, 7) is -2.86. The Morgan fingerprint density at radius 1 is 1.18 bits per heavy atom. The van der Waals surface area contributed by atoms with Gasteiger partial charge in [0.05, 0.1) is 12.1 Å². The Kier molecular flexibility index (Phi) is 4.08. The molecule has 7 heteroatoms. The number of aliphatic hydroxyl groups is 2. The highest BCUT2D eigenvalue weighted by Crippen LogP contribution is 2.34. The zero-order valence-corrected chi connectivity index (χ0v) is 11.6. The van der Waals surface area contributed by atoms with Gasteiger partial charge in [0.1, 0.15) is 17.7 Å². The molecule has 0 radical (unpaired) electrons. The van der Waals surface area contributed by atoms with Crippen molar-refractivity contribution in [3.63, 3.8) is 0 Å². The minimum atomic E-state index is -2.86. The number of benzene rings is 1. The molecule has 1 aromatic heterocycles. The molecule has 0 saturated heterocycles. The molecule has 5 nitrogen and oxygen atoms in total. The molecule has 1 aliphatic rings. The molecule has 3 atom stereocenters. The standard InChI is InChI=1S/C15H16F2N2O3/c16-15(17)22-10-3-1-9(2-4-10)14-18-7-8-19(14)11-5-6-12(20)13(11)21/h1-4,7-8,11-13,15,20-21H,5-6H2/t11-,12-,13-/m1/s1.